The van der Waals surface area contributed by atoms with Crippen LogP contribution in [0.1, 0.15) is 37.0 Å². The van der Waals surface area contributed by atoms with Gasteiger partial charge >= 0.3 is 0 Å². The highest BCUT2D eigenvalue weighted by Crippen LogP contribution is 2.26. The van der Waals surface area contributed by atoms with Crippen LogP contribution in [0.4, 0.5) is 5.69 Å². The molecule has 1 aliphatic rings. The van der Waals surface area contributed by atoms with Crippen LogP contribution in [0.25, 0.3) is 0 Å². The summed E-state index contributed by atoms with van der Waals surface area (Å²) in [6.07, 6.45) is 2.01. The Morgan fingerprint density at radius 2 is 1.86 bits per heavy atom. The first-order chi connectivity index (χ1) is 12.8. The summed E-state index contributed by atoms with van der Waals surface area (Å²) in [5.74, 6) is -0.469. The van der Waals surface area contributed by atoms with Crippen molar-refractivity contribution in [1.82, 2.24) is 10.2 Å². The van der Waals surface area contributed by atoms with Gasteiger partial charge in [-0.1, -0.05) is 13.8 Å². The van der Waals surface area contributed by atoms with E-state index in [4.69, 9.17) is 10.5 Å². The molecule has 0 bridgehead atoms. The van der Waals surface area contributed by atoms with Gasteiger partial charge < -0.3 is 26.0 Å². The first-order valence-electron chi connectivity index (χ1n) is 9.14. The number of benzene rings is 1. The van der Waals surface area contributed by atoms with Gasteiger partial charge in [-0.25, -0.2) is 0 Å². The molecule has 28 heavy (non-hydrogen) atoms. The maximum atomic E-state index is 12.5. The van der Waals surface area contributed by atoms with E-state index in [0.29, 0.717) is 17.0 Å². The Bertz CT molecular complexity index is 705. The molecule has 1 saturated heterocycles. The number of nitrogens with two attached hydrogens (primary N) is 1. The average molecular weight is 413 g/mol. The van der Waals surface area contributed by atoms with E-state index in [1.54, 1.807) is 23.1 Å². The molecule has 156 valence electrons. The number of rotatable bonds is 7. The SMILES string of the molecule is COc1ccc(C(=O)N2CCCC2)cc1NC(=O)CNC(=O)[C@@H](N)C(C)C.Cl. The number of halogens is 1. The van der Waals surface area contributed by atoms with Crippen LogP contribution in [0, 0.1) is 5.92 Å². The fraction of sp³-hybridized carbons (Fsp3) is 0.526. The summed E-state index contributed by atoms with van der Waals surface area (Å²) in [6, 6.07) is 4.25. The van der Waals surface area contributed by atoms with Crippen LogP contribution >= 0.6 is 12.4 Å². The second kappa shape index (κ2) is 10.9. The predicted molar refractivity (Wildman–Crippen MR) is 110 cm³/mol. The van der Waals surface area contributed by atoms with Crippen LogP contribution < -0.4 is 21.1 Å². The maximum Gasteiger partial charge on any atom is 0.253 e. The number of nitrogens with one attached hydrogen (secondary N) is 2. The molecule has 0 radical (unpaired) electrons. The lowest BCUT2D eigenvalue weighted by Crippen LogP contribution is -2.46. The van der Waals surface area contributed by atoms with E-state index in [1.165, 1.54) is 7.11 Å². The minimum atomic E-state index is -0.672. The lowest BCUT2D eigenvalue weighted by molar-refractivity contribution is -0.125. The molecule has 1 heterocycles. The molecule has 1 atom stereocenters. The first kappa shape index (κ1) is 23.7. The number of hydrogen-bond donors (Lipinski definition) is 3. The van der Waals surface area contributed by atoms with Gasteiger partial charge in [-0.05, 0) is 37.0 Å². The molecular formula is C19H29ClN4O4. The van der Waals surface area contributed by atoms with Gasteiger partial charge in [-0.3, -0.25) is 14.4 Å². The van der Waals surface area contributed by atoms with Gasteiger partial charge in [0.05, 0.1) is 25.4 Å². The van der Waals surface area contributed by atoms with Gasteiger partial charge in [0.2, 0.25) is 11.8 Å². The molecule has 8 nitrogen and oxygen atoms in total. The fourth-order valence-electron chi connectivity index (χ4n) is 2.82. The van der Waals surface area contributed by atoms with Crippen molar-refractivity contribution in [3.8, 4) is 5.75 Å². The number of anilines is 1. The lowest BCUT2D eigenvalue weighted by atomic mass is 10.1. The summed E-state index contributed by atoms with van der Waals surface area (Å²) in [5, 5.41) is 5.19. The zero-order chi connectivity index (χ0) is 20.0. The minimum absolute atomic E-state index is 0. The van der Waals surface area contributed by atoms with Crippen molar-refractivity contribution in [3.05, 3.63) is 23.8 Å². The largest absolute Gasteiger partial charge is 0.495 e. The monoisotopic (exact) mass is 412 g/mol. The van der Waals surface area contributed by atoms with E-state index in [2.05, 4.69) is 10.6 Å². The highest BCUT2D eigenvalue weighted by Gasteiger charge is 2.21. The Morgan fingerprint density at radius 3 is 2.43 bits per heavy atom. The topological polar surface area (TPSA) is 114 Å². The molecule has 3 amide bonds. The van der Waals surface area contributed by atoms with E-state index < -0.39 is 11.9 Å². The molecule has 1 aliphatic heterocycles. The quantitative estimate of drug-likeness (QED) is 0.626. The zero-order valence-corrected chi connectivity index (χ0v) is 17.3. The van der Waals surface area contributed by atoms with Gasteiger partial charge in [-0.15, -0.1) is 12.4 Å². The second-order valence-electron chi connectivity index (χ2n) is 6.95. The second-order valence-corrected chi connectivity index (χ2v) is 6.95. The minimum Gasteiger partial charge on any atom is -0.495 e. The van der Waals surface area contributed by atoms with Gasteiger partial charge in [-0.2, -0.15) is 0 Å². The average Bonchev–Trinajstić information content (AvgIpc) is 3.19. The molecule has 0 unspecified atom stereocenters. The van der Waals surface area contributed by atoms with Crippen molar-refractivity contribution in [1.29, 1.82) is 0 Å². The number of methoxy groups -OCH3 is 1. The third-order valence-corrected chi connectivity index (χ3v) is 4.56. The van der Waals surface area contributed by atoms with Crippen LogP contribution in [0.5, 0.6) is 5.75 Å². The summed E-state index contributed by atoms with van der Waals surface area (Å²) < 4.78 is 5.25. The molecule has 2 rings (SSSR count). The van der Waals surface area contributed by atoms with Crippen LogP contribution in [0.3, 0.4) is 0 Å². The summed E-state index contributed by atoms with van der Waals surface area (Å²) >= 11 is 0. The van der Waals surface area contributed by atoms with Gasteiger partial charge in [0.25, 0.3) is 5.91 Å². The van der Waals surface area contributed by atoms with Crippen molar-refractivity contribution >= 4 is 35.8 Å². The Hall–Kier alpha value is -2.32. The van der Waals surface area contributed by atoms with Gasteiger partial charge in [0.15, 0.2) is 0 Å². The van der Waals surface area contributed by atoms with Crippen molar-refractivity contribution in [2.75, 3.05) is 32.1 Å². The van der Waals surface area contributed by atoms with E-state index in [1.807, 2.05) is 13.8 Å². The highest BCUT2D eigenvalue weighted by molar-refractivity contribution is 5.99. The molecule has 0 aromatic heterocycles. The normalized spacial score (nSPS) is 14.2. The third-order valence-electron chi connectivity index (χ3n) is 4.56. The Kier molecular flexibility index (Phi) is 9.21. The molecule has 4 N–H and O–H groups in total. The Morgan fingerprint density at radius 1 is 1.21 bits per heavy atom. The molecule has 1 aromatic carbocycles. The summed E-state index contributed by atoms with van der Waals surface area (Å²) in [5.41, 5.74) is 6.62. The molecule has 0 aliphatic carbocycles. The number of likely N-dealkylation sites (tertiary alicyclic amines) is 1. The van der Waals surface area contributed by atoms with Crippen molar-refractivity contribution < 1.29 is 19.1 Å². The molecule has 0 saturated carbocycles. The van der Waals surface area contributed by atoms with E-state index in [0.717, 1.165) is 25.9 Å². The van der Waals surface area contributed by atoms with Crippen molar-refractivity contribution in [2.24, 2.45) is 11.7 Å². The molecule has 9 heteroatoms. The van der Waals surface area contributed by atoms with E-state index >= 15 is 0 Å². The number of carbonyl (C=O) groups excluding carboxylic acids is 3. The maximum absolute atomic E-state index is 12.5. The number of amides is 3. The zero-order valence-electron chi connectivity index (χ0n) is 16.5. The van der Waals surface area contributed by atoms with Crippen LogP contribution in [-0.4, -0.2) is 55.4 Å². The summed E-state index contributed by atoms with van der Waals surface area (Å²) in [4.78, 5) is 38.4. The molecule has 1 fully saturated rings. The van der Waals surface area contributed by atoms with Gasteiger partial charge in [0, 0.05) is 18.7 Å². The van der Waals surface area contributed by atoms with Gasteiger partial charge in [0.1, 0.15) is 5.75 Å². The van der Waals surface area contributed by atoms with Crippen LogP contribution in [0.2, 0.25) is 0 Å². The predicted octanol–water partition coefficient (Wildman–Crippen LogP) is 1.39. The lowest BCUT2D eigenvalue weighted by Gasteiger charge is -2.18. The molecule has 0 spiro atoms. The Labute approximate surface area is 171 Å². The molecular weight excluding hydrogens is 384 g/mol. The van der Waals surface area contributed by atoms with Crippen molar-refractivity contribution in [2.45, 2.75) is 32.7 Å². The fourth-order valence-corrected chi connectivity index (χ4v) is 2.82. The van der Waals surface area contributed by atoms with E-state index in [9.17, 15) is 14.4 Å². The van der Waals surface area contributed by atoms with Crippen molar-refractivity contribution in [3.63, 3.8) is 0 Å². The standard InChI is InChI=1S/C19H28N4O4.ClH/c1-12(2)17(20)18(25)21-11-16(24)22-14-10-13(6-7-15(14)27-3)19(26)23-8-4-5-9-23;/h6-7,10,12,17H,4-5,8-9,11,20H2,1-3H3,(H,21,25)(H,22,24);1H/t17-;/m0./s1. The first-order valence-corrected chi connectivity index (χ1v) is 9.14. The number of hydrogen-bond acceptors (Lipinski definition) is 5. The van der Waals surface area contributed by atoms with Crippen LogP contribution in [0.15, 0.2) is 18.2 Å². The third kappa shape index (κ3) is 6.10. The highest BCUT2D eigenvalue weighted by atomic mass is 35.5. The summed E-state index contributed by atoms with van der Waals surface area (Å²) in [6.45, 7) is 4.94. The Balaban J connectivity index is 0.00000392. The van der Waals surface area contributed by atoms with E-state index in [-0.39, 0.29) is 36.7 Å². The molecule has 1 aromatic rings. The number of ether oxygens (including phenoxy) is 1. The number of carbonyl (C=O) groups is 3. The summed E-state index contributed by atoms with van der Waals surface area (Å²) in [7, 11) is 1.48. The van der Waals surface area contributed by atoms with Crippen LogP contribution in [-0.2, 0) is 9.59 Å². The number of nitrogens with zero attached hydrogens (tertiary/aromatic N) is 1. The smallest absolute Gasteiger partial charge is 0.253 e.